The molecule has 2 heterocycles. The number of piperidine rings is 1. The summed E-state index contributed by atoms with van der Waals surface area (Å²) in [6.45, 7) is 4.38. The maximum Gasteiger partial charge on any atom is 0.229 e. The van der Waals surface area contributed by atoms with Gasteiger partial charge >= 0.3 is 0 Å². The van der Waals surface area contributed by atoms with E-state index in [-0.39, 0.29) is 0 Å². The molecule has 1 saturated heterocycles. The molecule has 1 aromatic heterocycles. The van der Waals surface area contributed by atoms with Crippen molar-refractivity contribution in [3.8, 4) is 5.75 Å². The highest BCUT2D eigenvalue weighted by Gasteiger charge is 2.18. The van der Waals surface area contributed by atoms with E-state index in [0.29, 0.717) is 22.6 Å². The minimum Gasteiger partial charge on any atom is -0.495 e. The zero-order valence-corrected chi connectivity index (χ0v) is 14.2. The molecule has 6 heteroatoms. The van der Waals surface area contributed by atoms with E-state index in [9.17, 15) is 0 Å². The highest BCUT2D eigenvalue weighted by molar-refractivity contribution is 6.32. The van der Waals surface area contributed by atoms with Crippen LogP contribution < -0.4 is 15.0 Å². The van der Waals surface area contributed by atoms with Crippen LogP contribution in [0.2, 0.25) is 5.02 Å². The van der Waals surface area contributed by atoms with Crippen LogP contribution in [0.25, 0.3) is 0 Å². The molecule has 1 N–H and O–H groups in total. The number of hydrogen-bond acceptors (Lipinski definition) is 5. The number of aromatic nitrogens is 2. The Hall–Kier alpha value is -2.01. The van der Waals surface area contributed by atoms with Crippen LogP contribution in [-0.4, -0.2) is 30.2 Å². The lowest BCUT2D eigenvalue weighted by molar-refractivity contribution is 0.415. The summed E-state index contributed by atoms with van der Waals surface area (Å²) >= 11 is 6.15. The van der Waals surface area contributed by atoms with E-state index in [4.69, 9.17) is 16.3 Å². The number of nitrogens with zero attached hydrogens (tertiary/aromatic N) is 3. The van der Waals surface area contributed by atoms with Gasteiger partial charge in [0.05, 0.1) is 12.1 Å². The third-order valence-electron chi connectivity index (χ3n) is 4.03. The Bertz CT molecular complexity index is 679. The third kappa shape index (κ3) is 3.85. The molecular formula is C17H21ClN4O. The van der Waals surface area contributed by atoms with Gasteiger partial charge in [-0.15, -0.1) is 0 Å². The van der Waals surface area contributed by atoms with Crippen LogP contribution in [0.5, 0.6) is 5.75 Å². The average Bonchev–Trinajstić information content (AvgIpc) is 2.55. The van der Waals surface area contributed by atoms with Crippen molar-refractivity contribution in [3.05, 3.63) is 35.5 Å². The van der Waals surface area contributed by atoms with Crippen molar-refractivity contribution < 1.29 is 4.74 Å². The molecule has 23 heavy (non-hydrogen) atoms. The second-order valence-electron chi connectivity index (χ2n) is 5.91. The zero-order chi connectivity index (χ0) is 16.2. The Kier molecular flexibility index (Phi) is 4.86. The minimum absolute atomic E-state index is 0.554. The van der Waals surface area contributed by atoms with Crippen LogP contribution in [-0.2, 0) is 0 Å². The van der Waals surface area contributed by atoms with Crippen molar-refractivity contribution in [1.82, 2.24) is 9.97 Å². The van der Waals surface area contributed by atoms with Crippen LogP contribution >= 0.6 is 11.6 Å². The summed E-state index contributed by atoms with van der Waals surface area (Å²) in [5.74, 6) is 2.89. The Balaban J connectivity index is 1.76. The first-order valence-corrected chi connectivity index (χ1v) is 8.22. The number of methoxy groups -OCH3 is 1. The summed E-state index contributed by atoms with van der Waals surface area (Å²) in [7, 11) is 1.60. The van der Waals surface area contributed by atoms with E-state index in [0.717, 1.165) is 24.6 Å². The van der Waals surface area contributed by atoms with Gasteiger partial charge in [0.2, 0.25) is 5.95 Å². The molecule has 1 aliphatic heterocycles. The van der Waals surface area contributed by atoms with Crippen LogP contribution in [0.4, 0.5) is 17.5 Å². The summed E-state index contributed by atoms with van der Waals surface area (Å²) in [5, 5.41) is 3.75. The zero-order valence-electron chi connectivity index (χ0n) is 13.4. The Morgan fingerprint density at radius 3 is 2.96 bits per heavy atom. The van der Waals surface area contributed by atoms with E-state index >= 15 is 0 Å². The molecule has 0 aliphatic carbocycles. The molecule has 1 aliphatic rings. The Labute approximate surface area is 141 Å². The molecule has 0 bridgehead atoms. The highest BCUT2D eigenvalue weighted by Crippen LogP contribution is 2.28. The largest absolute Gasteiger partial charge is 0.495 e. The summed E-state index contributed by atoms with van der Waals surface area (Å²) in [5.41, 5.74) is 0.833. The quantitative estimate of drug-likeness (QED) is 0.912. The van der Waals surface area contributed by atoms with Gasteiger partial charge in [0.25, 0.3) is 0 Å². The molecule has 0 spiro atoms. The second-order valence-corrected chi connectivity index (χ2v) is 6.31. The monoisotopic (exact) mass is 332 g/mol. The highest BCUT2D eigenvalue weighted by atomic mass is 35.5. The topological polar surface area (TPSA) is 50.3 Å². The van der Waals surface area contributed by atoms with Crippen LogP contribution in [0.3, 0.4) is 0 Å². The molecule has 2 aromatic rings. The number of rotatable bonds is 4. The molecule has 0 amide bonds. The van der Waals surface area contributed by atoms with Crippen LogP contribution in [0.15, 0.2) is 30.5 Å². The van der Waals surface area contributed by atoms with E-state index in [1.54, 1.807) is 19.4 Å². The number of nitrogens with one attached hydrogen (secondary N) is 1. The van der Waals surface area contributed by atoms with Crippen molar-refractivity contribution in [2.75, 3.05) is 30.4 Å². The van der Waals surface area contributed by atoms with Crippen LogP contribution in [0, 0.1) is 5.92 Å². The first-order chi connectivity index (χ1) is 11.2. The maximum absolute atomic E-state index is 6.15. The third-order valence-corrected chi connectivity index (χ3v) is 4.33. The molecule has 1 fully saturated rings. The predicted molar refractivity (Wildman–Crippen MR) is 93.9 cm³/mol. The van der Waals surface area contributed by atoms with E-state index in [2.05, 4.69) is 27.1 Å². The minimum atomic E-state index is 0.554. The standard InChI is InChI=1S/C17H21ClN4O/c1-12-4-3-9-22(11-12)16-7-8-19-17(21-16)20-13-5-6-15(23-2)14(18)10-13/h5-8,10,12H,3-4,9,11H2,1-2H3,(H,19,20,21). The van der Waals surface area contributed by atoms with Crippen molar-refractivity contribution in [2.24, 2.45) is 5.92 Å². The number of halogens is 1. The van der Waals surface area contributed by atoms with Gasteiger partial charge in [0, 0.05) is 25.0 Å². The lowest BCUT2D eigenvalue weighted by Gasteiger charge is -2.31. The Morgan fingerprint density at radius 2 is 2.22 bits per heavy atom. The molecule has 1 atom stereocenters. The average molecular weight is 333 g/mol. The fourth-order valence-corrected chi connectivity index (χ4v) is 3.11. The van der Waals surface area contributed by atoms with Gasteiger partial charge in [-0.3, -0.25) is 0 Å². The smallest absolute Gasteiger partial charge is 0.229 e. The molecular weight excluding hydrogens is 312 g/mol. The van der Waals surface area contributed by atoms with Gasteiger partial charge in [-0.2, -0.15) is 4.98 Å². The van der Waals surface area contributed by atoms with Crippen molar-refractivity contribution in [1.29, 1.82) is 0 Å². The summed E-state index contributed by atoms with van der Waals surface area (Å²) < 4.78 is 5.16. The molecule has 0 radical (unpaired) electrons. The van der Waals surface area contributed by atoms with Gasteiger partial charge in [-0.05, 0) is 43.0 Å². The molecule has 0 saturated carbocycles. The molecule has 122 valence electrons. The molecule has 1 aromatic carbocycles. The lowest BCUT2D eigenvalue weighted by atomic mass is 10.0. The molecule has 5 nitrogen and oxygen atoms in total. The molecule has 1 unspecified atom stereocenters. The van der Waals surface area contributed by atoms with Gasteiger partial charge in [-0.25, -0.2) is 4.98 Å². The summed E-state index contributed by atoms with van der Waals surface area (Å²) in [6, 6.07) is 7.48. The molecule has 3 rings (SSSR count). The van der Waals surface area contributed by atoms with Crippen LogP contribution in [0.1, 0.15) is 19.8 Å². The van der Waals surface area contributed by atoms with E-state index in [1.807, 2.05) is 18.2 Å². The number of anilines is 3. The predicted octanol–water partition coefficient (Wildman–Crippen LogP) is 4.12. The normalized spacial score (nSPS) is 17.9. The number of ether oxygens (including phenoxy) is 1. The number of benzene rings is 1. The van der Waals surface area contributed by atoms with Crippen molar-refractivity contribution in [3.63, 3.8) is 0 Å². The first-order valence-electron chi connectivity index (χ1n) is 7.84. The Morgan fingerprint density at radius 1 is 1.35 bits per heavy atom. The van der Waals surface area contributed by atoms with Crippen molar-refractivity contribution in [2.45, 2.75) is 19.8 Å². The summed E-state index contributed by atoms with van der Waals surface area (Å²) in [6.07, 6.45) is 4.29. The number of hydrogen-bond donors (Lipinski definition) is 1. The summed E-state index contributed by atoms with van der Waals surface area (Å²) in [4.78, 5) is 11.2. The fourth-order valence-electron chi connectivity index (χ4n) is 2.86. The fraction of sp³-hybridized carbons (Fsp3) is 0.412. The lowest BCUT2D eigenvalue weighted by Crippen LogP contribution is -2.34. The van der Waals surface area contributed by atoms with E-state index in [1.165, 1.54) is 12.8 Å². The van der Waals surface area contributed by atoms with Gasteiger partial charge in [0.15, 0.2) is 0 Å². The van der Waals surface area contributed by atoms with Gasteiger partial charge < -0.3 is 15.0 Å². The van der Waals surface area contributed by atoms with Gasteiger partial charge in [0.1, 0.15) is 11.6 Å². The SMILES string of the molecule is COc1ccc(Nc2nccc(N3CCCC(C)C3)n2)cc1Cl. The first kappa shape index (κ1) is 15.9. The van der Waals surface area contributed by atoms with Crippen molar-refractivity contribution >= 4 is 29.1 Å². The maximum atomic E-state index is 6.15. The van der Waals surface area contributed by atoms with E-state index < -0.39 is 0 Å². The second kappa shape index (κ2) is 7.04. The van der Waals surface area contributed by atoms with Gasteiger partial charge in [-0.1, -0.05) is 18.5 Å².